The fraction of sp³-hybridized carbons (Fsp3) is 0.578. The van der Waals surface area contributed by atoms with Crippen LogP contribution in [0.1, 0.15) is 90.1 Å². The van der Waals surface area contributed by atoms with Crippen LogP contribution in [0.25, 0.3) is 0 Å². The molecular weight excluding hydrogens is 893 g/mol. The van der Waals surface area contributed by atoms with E-state index in [4.69, 9.17) is 9.47 Å². The number of hydrogen-bond donors (Lipinski definition) is 4. The first-order valence-electron chi connectivity index (χ1n) is 22.8. The molecule has 2 aromatic carbocycles. The number of piperidine rings is 1. The quantitative estimate of drug-likeness (QED) is 0.102. The van der Waals surface area contributed by atoms with Crippen molar-refractivity contribution < 1.29 is 51.5 Å². The highest BCUT2D eigenvalue weighted by Crippen LogP contribution is 2.31. The third-order valence-corrected chi connectivity index (χ3v) is 15.0. The standard InChI is InChI=1S/C45H60N8O11S2/c1-66(61,62)52-19-16-31(28-52)40(56)46-35(41(57)49-45-47-36(29-65-45)30-9-4-2-5-10-30)17-26-63-24-8-11-39(55)51-22-20-50(21-23-51)18-6-3-7-25-64-32-12-13-33-34(27-32)44(60)53(43(33)59)37-14-15-38(54)48-42(37)58/h2,4-5,9-10,12-13,27,31,35-37,45,47H,3,6-8,11,14-26,28-29H2,1H3,(H,46,56)(H,49,57)(H,48,54,58)/t31?,35-,36?,37?,45?/m0/s1. The lowest BCUT2D eigenvalue weighted by molar-refractivity contribution is -0.136. The lowest BCUT2D eigenvalue weighted by atomic mass is 10.0. The van der Waals surface area contributed by atoms with Gasteiger partial charge in [0.2, 0.25) is 39.6 Å². The minimum absolute atomic E-state index is 0.0574. The third kappa shape index (κ3) is 12.7. The molecule has 4 saturated heterocycles. The first-order chi connectivity index (χ1) is 31.7. The summed E-state index contributed by atoms with van der Waals surface area (Å²) >= 11 is 1.57. The van der Waals surface area contributed by atoms with Crippen LogP contribution in [0.3, 0.4) is 0 Å². The van der Waals surface area contributed by atoms with Crippen LogP contribution in [0.2, 0.25) is 0 Å². The summed E-state index contributed by atoms with van der Waals surface area (Å²) in [6.07, 6.45) is 5.35. The Balaban J connectivity index is 0.757. The summed E-state index contributed by atoms with van der Waals surface area (Å²) in [4.78, 5) is 94.9. The third-order valence-electron chi connectivity index (χ3n) is 12.6. The van der Waals surface area contributed by atoms with E-state index in [2.05, 4.69) is 26.2 Å². The number of piperazine rings is 1. The SMILES string of the molecule is CS(=O)(=O)N1CCC(C(=O)N[C@@H](CCOCCCC(=O)N2CCN(CCCCCOc3ccc4c(c3)C(=O)N(C3CCC(=O)NC3=O)C4=O)CC2)C(=O)NC2NC(c3ccccc3)CS2)C1. The first-order valence-corrected chi connectivity index (χ1v) is 25.7. The Morgan fingerprint density at radius 3 is 2.39 bits per heavy atom. The largest absolute Gasteiger partial charge is 0.494 e. The first kappa shape index (κ1) is 49.0. The molecule has 2 aromatic rings. The summed E-state index contributed by atoms with van der Waals surface area (Å²) in [7, 11) is -3.43. The van der Waals surface area contributed by atoms with Crippen molar-refractivity contribution in [1.29, 1.82) is 0 Å². The van der Waals surface area contributed by atoms with Crippen molar-refractivity contribution >= 4 is 63.1 Å². The molecule has 7 amide bonds. The zero-order valence-electron chi connectivity index (χ0n) is 37.2. The summed E-state index contributed by atoms with van der Waals surface area (Å²) in [6.45, 7) is 4.98. The molecule has 21 heteroatoms. The van der Waals surface area contributed by atoms with E-state index in [9.17, 15) is 42.0 Å². The Kier molecular flexibility index (Phi) is 16.9. The lowest BCUT2D eigenvalue weighted by Crippen LogP contribution is -2.54. The molecule has 0 bridgehead atoms. The van der Waals surface area contributed by atoms with Crippen molar-refractivity contribution in [2.24, 2.45) is 5.92 Å². The number of thioether (sulfide) groups is 1. The van der Waals surface area contributed by atoms with Crippen LogP contribution < -0.4 is 26.0 Å². The van der Waals surface area contributed by atoms with Gasteiger partial charge in [0, 0.05) is 77.1 Å². The molecule has 4 N–H and O–H groups in total. The lowest BCUT2D eigenvalue weighted by Gasteiger charge is -2.34. The van der Waals surface area contributed by atoms with Crippen LogP contribution in [0, 0.1) is 5.92 Å². The van der Waals surface area contributed by atoms with E-state index in [0.717, 1.165) is 61.4 Å². The second-order valence-corrected chi connectivity index (χ2v) is 20.4. The Morgan fingerprint density at radius 2 is 1.65 bits per heavy atom. The second-order valence-electron chi connectivity index (χ2n) is 17.3. The predicted molar refractivity (Wildman–Crippen MR) is 243 cm³/mol. The highest BCUT2D eigenvalue weighted by Gasteiger charge is 2.45. The van der Waals surface area contributed by atoms with Gasteiger partial charge in [-0.3, -0.25) is 54.0 Å². The van der Waals surface area contributed by atoms with E-state index >= 15 is 0 Å². The van der Waals surface area contributed by atoms with Crippen molar-refractivity contribution in [3.63, 3.8) is 0 Å². The van der Waals surface area contributed by atoms with E-state index in [1.54, 1.807) is 17.8 Å². The second kappa shape index (κ2) is 22.7. The number of benzene rings is 2. The van der Waals surface area contributed by atoms with Gasteiger partial charge in [-0.2, -0.15) is 0 Å². The number of imide groups is 2. The average Bonchev–Trinajstić information content (AvgIpc) is 4.05. The summed E-state index contributed by atoms with van der Waals surface area (Å²) < 4.78 is 37.1. The van der Waals surface area contributed by atoms with Crippen LogP contribution in [0.15, 0.2) is 48.5 Å². The minimum atomic E-state index is -3.43. The van der Waals surface area contributed by atoms with Crippen molar-refractivity contribution in [3.8, 4) is 5.75 Å². The van der Waals surface area contributed by atoms with E-state index in [0.29, 0.717) is 51.3 Å². The van der Waals surface area contributed by atoms with Gasteiger partial charge in [-0.25, -0.2) is 12.7 Å². The summed E-state index contributed by atoms with van der Waals surface area (Å²) in [5.74, 6) is -2.20. The van der Waals surface area contributed by atoms with E-state index in [1.165, 1.54) is 16.4 Å². The fourth-order valence-corrected chi connectivity index (χ4v) is 10.8. The van der Waals surface area contributed by atoms with Gasteiger partial charge in [0.15, 0.2) is 0 Å². The molecule has 4 fully saturated rings. The maximum atomic E-state index is 13.5. The molecule has 7 rings (SSSR count). The van der Waals surface area contributed by atoms with Gasteiger partial charge in [0.1, 0.15) is 23.3 Å². The molecule has 5 atom stereocenters. The van der Waals surface area contributed by atoms with Crippen LogP contribution in [0.4, 0.5) is 0 Å². The van der Waals surface area contributed by atoms with Gasteiger partial charge in [-0.15, -0.1) is 11.8 Å². The number of sulfonamides is 1. The monoisotopic (exact) mass is 952 g/mol. The molecule has 19 nitrogen and oxygen atoms in total. The topological polar surface area (TPSA) is 233 Å². The number of ether oxygens (including phenoxy) is 2. The highest BCUT2D eigenvalue weighted by atomic mass is 32.2. The molecule has 0 radical (unpaired) electrons. The van der Waals surface area contributed by atoms with Crippen molar-refractivity contribution in [2.45, 2.75) is 81.4 Å². The molecule has 5 aliphatic heterocycles. The molecule has 0 aromatic heterocycles. The smallest absolute Gasteiger partial charge is 0.262 e. The molecular formula is C45H60N8O11S2. The number of hydrogen-bond acceptors (Lipinski definition) is 14. The minimum Gasteiger partial charge on any atom is -0.494 e. The van der Waals surface area contributed by atoms with Crippen molar-refractivity contribution in [1.82, 2.24) is 40.3 Å². The number of nitrogens with one attached hydrogen (secondary N) is 4. The molecule has 0 aliphatic carbocycles. The van der Waals surface area contributed by atoms with Gasteiger partial charge in [0.25, 0.3) is 11.8 Å². The zero-order chi connectivity index (χ0) is 46.8. The number of amides is 7. The molecule has 0 saturated carbocycles. The van der Waals surface area contributed by atoms with Crippen LogP contribution in [-0.2, 0) is 38.7 Å². The number of unbranched alkanes of at least 4 members (excludes halogenated alkanes) is 2. The molecule has 5 aliphatic rings. The zero-order valence-corrected chi connectivity index (χ0v) is 38.9. The number of nitrogens with zero attached hydrogens (tertiary/aromatic N) is 4. The number of carbonyl (C=O) groups is 7. The van der Waals surface area contributed by atoms with Gasteiger partial charge >= 0.3 is 0 Å². The Morgan fingerprint density at radius 1 is 0.879 bits per heavy atom. The van der Waals surface area contributed by atoms with Gasteiger partial charge in [-0.1, -0.05) is 30.3 Å². The maximum absolute atomic E-state index is 13.5. The molecule has 5 heterocycles. The Labute approximate surface area is 389 Å². The maximum Gasteiger partial charge on any atom is 0.262 e. The van der Waals surface area contributed by atoms with Gasteiger partial charge in [0.05, 0.1) is 29.9 Å². The van der Waals surface area contributed by atoms with E-state index in [-0.39, 0.29) is 79.3 Å². The van der Waals surface area contributed by atoms with Crippen LogP contribution >= 0.6 is 11.8 Å². The van der Waals surface area contributed by atoms with Crippen molar-refractivity contribution in [2.75, 3.05) is 77.6 Å². The summed E-state index contributed by atoms with van der Waals surface area (Å²) in [6, 6.07) is 12.8. The number of carbonyl (C=O) groups excluding carboxylic acids is 7. The summed E-state index contributed by atoms with van der Waals surface area (Å²) in [5, 5.41) is 11.5. The fourth-order valence-electron chi connectivity index (χ4n) is 8.82. The van der Waals surface area contributed by atoms with Crippen LogP contribution in [-0.4, -0.2) is 164 Å². The Hall–Kier alpha value is -4.93. The Bertz CT molecular complexity index is 2230. The predicted octanol–water partition coefficient (Wildman–Crippen LogP) is 1.21. The molecule has 4 unspecified atom stereocenters. The number of rotatable bonds is 21. The van der Waals surface area contributed by atoms with Crippen LogP contribution in [0.5, 0.6) is 5.75 Å². The average molecular weight is 953 g/mol. The normalized spacial score (nSPS) is 23.2. The number of fused-ring (bicyclic) bond motifs is 1. The van der Waals surface area contributed by atoms with Crippen molar-refractivity contribution in [3.05, 3.63) is 65.2 Å². The van der Waals surface area contributed by atoms with E-state index < -0.39 is 51.7 Å². The molecule has 358 valence electrons. The van der Waals surface area contributed by atoms with E-state index in [1.807, 2.05) is 35.2 Å². The summed E-state index contributed by atoms with van der Waals surface area (Å²) in [5.41, 5.74) is 1.15. The van der Waals surface area contributed by atoms with Gasteiger partial charge in [-0.05, 0) is 75.3 Å². The highest BCUT2D eigenvalue weighted by molar-refractivity contribution is 8.00. The molecule has 66 heavy (non-hydrogen) atoms. The van der Waals surface area contributed by atoms with Gasteiger partial charge < -0.3 is 25.0 Å². The molecule has 0 spiro atoms.